The van der Waals surface area contributed by atoms with Crippen molar-refractivity contribution in [2.75, 3.05) is 32.5 Å². The molecule has 0 saturated carbocycles. The topological polar surface area (TPSA) is 83.0 Å². The minimum absolute atomic E-state index is 0.0424. The van der Waals surface area contributed by atoms with Gasteiger partial charge in [0, 0.05) is 38.0 Å². The van der Waals surface area contributed by atoms with E-state index in [9.17, 15) is 4.79 Å². The Labute approximate surface area is 158 Å². The van der Waals surface area contributed by atoms with Crippen LogP contribution in [0, 0.1) is 6.92 Å². The molecule has 0 aromatic carbocycles. The van der Waals surface area contributed by atoms with Gasteiger partial charge >= 0.3 is 0 Å². The second-order valence-electron chi connectivity index (χ2n) is 6.68. The lowest BCUT2D eigenvalue weighted by molar-refractivity contribution is -0.129. The summed E-state index contributed by atoms with van der Waals surface area (Å²) in [6.45, 7) is 4.38. The lowest BCUT2D eigenvalue weighted by Gasteiger charge is -2.23. The predicted molar refractivity (Wildman–Crippen MR) is 103 cm³/mol. The molecule has 3 rings (SSSR count). The van der Waals surface area contributed by atoms with Crippen LogP contribution < -0.4 is 10.6 Å². The molecule has 140 valence electrons. The number of nitrogens with zero attached hydrogens (tertiary/aromatic N) is 4. The molecule has 26 heavy (non-hydrogen) atoms. The van der Waals surface area contributed by atoms with Crippen LogP contribution in [0.15, 0.2) is 11.4 Å². The van der Waals surface area contributed by atoms with Crippen LogP contribution in [-0.2, 0) is 17.8 Å². The number of carbonyl (C=O) groups is 1. The first-order valence-corrected chi connectivity index (χ1v) is 9.84. The van der Waals surface area contributed by atoms with E-state index in [1.54, 1.807) is 16.2 Å². The van der Waals surface area contributed by atoms with Crippen molar-refractivity contribution in [2.24, 2.45) is 0 Å². The molecule has 0 spiro atoms. The first-order chi connectivity index (χ1) is 12.5. The fraction of sp³-hybridized carbons (Fsp3) is 0.556. The normalized spacial score (nSPS) is 17.1. The Morgan fingerprint density at radius 3 is 2.88 bits per heavy atom. The van der Waals surface area contributed by atoms with Gasteiger partial charge in [0.05, 0.1) is 29.4 Å². The lowest BCUT2D eigenvalue weighted by atomic mass is 9.99. The van der Waals surface area contributed by atoms with Crippen molar-refractivity contribution >= 4 is 23.1 Å². The monoisotopic (exact) mass is 374 g/mol. The Bertz CT molecular complexity index is 756. The zero-order valence-corrected chi connectivity index (χ0v) is 16.4. The van der Waals surface area contributed by atoms with Crippen LogP contribution in [0.3, 0.4) is 0 Å². The molecular weight excluding hydrogens is 348 g/mol. The summed E-state index contributed by atoms with van der Waals surface area (Å²) in [6, 6.07) is 1.91. The van der Waals surface area contributed by atoms with Crippen molar-refractivity contribution in [3.05, 3.63) is 33.7 Å². The fourth-order valence-electron chi connectivity index (χ4n) is 3.09. The Hall–Kier alpha value is -2.06. The third kappa shape index (κ3) is 4.76. The molecular formula is C18H26N6OS. The summed E-state index contributed by atoms with van der Waals surface area (Å²) >= 11 is 1.57. The molecule has 7 nitrogen and oxygen atoms in total. The van der Waals surface area contributed by atoms with E-state index in [-0.39, 0.29) is 5.91 Å². The van der Waals surface area contributed by atoms with E-state index >= 15 is 0 Å². The summed E-state index contributed by atoms with van der Waals surface area (Å²) in [5, 5.41) is 9.44. The average molecular weight is 375 g/mol. The maximum atomic E-state index is 12.5. The average Bonchev–Trinajstić information content (AvgIpc) is 3.06. The number of thiazole rings is 1. The molecule has 1 aliphatic rings. The molecule has 1 atom stereocenters. The van der Waals surface area contributed by atoms with Crippen LogP contribution in [0.5, 0.6) is 0 Å². The van der Waals surface area contributed by atoms with E-state index in [0.29, 0.717) is 18.9 Å². The number of aromatic nitrogens is 3. The molecule has 8 heteroatoms. The summed E-state index contributed by atoms with van der Waals surface area (Å²) in [5.41, 5.74) is 1.69. The number of likely N-dealkylation sites (N-methyl/N-ethyl adjacent to an activating group) is 1. The number of anilines is 1. The lowest BCUT2D eigenvalue weighted by Crippen LogP contribution is -2.31. The number of carbonyl (C=O) groups excluding carboxylic acids is 1. The van der Waals surface area contributed by atoms with Crippen molar-refractivity contribution < 1.29 is 4.79 Å². The maximum absolute atomic E-state index is 12.5. The van der Waals surface area contributed by atoms with Gasteiger partial charge in [0.1, 0.15) is 11.6 Å². The molecule has 1 saturated heterocycles. The first kappa shape index (κ1) is 18.7. The second-order valence-corrected chi connectivity index (χ2v) is 7.74. The third-order valence-corrected chi connectivity index (χ3v) is 5.36. The van der Waals surface area contributed by atoms with Gasteiger partial charge in [-0.1, -0.05) is 0 Å². The van der Waals surface area contributed by atoms with Gasteiger partial charge in [-0.15, -0.1) is 11.3 Å². The van der Waals surface area contributed by atoms with Gasteiger partial charge < -0.3 is 15.5 Å². The van der Waals surface area contributed by atoms with Crippen molar-refractivity contribution in [3.63, 3.8) is 0 Å². The molecule has 0 bridgehead atoms. The molecule has 1 amide bonds. The predicted octanol–water partition coefficient (Wildman–Crippen LogP) is 1.95. The van der Waals surface area contributed by atoms with Crippen LogP contribution in [0.2, 0.25) is 0 Å². The largest absolute Gasteiger partial charge is 0.373 e. The minimum atomic E-state index is 0.0424. The van der Waals surface area contributed by atoms with E-state index in [4.69, 9.17) is 4.98 Å². The summed E-state index contributed by atoms with van der Waals surface area (Å²) < 4.78 is 0. The van der Waals surface area contributed by atoms with Crippen LogP contribution >= 0.6 is 11.3 Å². The highest BCUT2D eigenvalue weighted by molar-refractivity contribution is 7.09. The first-order valence-electron chi connectivity index (χ1n) is 8.96. The molecule has 0 aliphatic carbocycles. The number of aryl methyl sites for hydroxylation is 1. The number of amides is 1. The van der Waals surface area contributed by atoms with Gasteiger partial charge in [0.2, 0.25) is 5.91 Å². The Morgan fingerprint density at radius 2 is 2.23 bits per heavy atom. The van der Waals surface area contributed by atoms with Crippen molar-refractivity contribution in [1.82, 2.24) is 25.2 Å². The van der Waals surface area contributed by atoms with E-state index in [2.05, 4.69) is 20.6 Å². The highest BCUT2D eigenvalue weighted by Gasteiger charge is 2.20. The van der Waals surface area contributed by atoms with Gasteiger partial charge in [0.15, 0.2) is 0 Å². The van der Waals surface area contributed by atoms with Gasteiger partial charge in [-0.05, 0) is 26.3 Å². The van der Waals surface area contributed by atoms with Crippen LogP contribution in [0.1, 0.15) is 41.0 Å². The Kier molecular flexibility index (Phi) is 6.16. The second kappa shape index (κ2) is 8.55. The van der Waals surface area contributed by atoms with Gasteiger partial charge in [-0.3, -0.25) is 4.79 Å². The molecule has 3 heterocycles. The van der Waals surface area contributed by atoms with Gasteiger partial charge in [-0.25, -0.2) is 15.0 Å². The number of piperidine rings is 1. The summed E-state index contributed by atoms with van der Waals surface area (Å²) in [4.78, 5) is 27.9. The SMILES string of the molecule is CNc1cc(CN(C)C(=O)Cc2csc(C)n2)nc(C2CCCNC2)n1. The van der Waals surface area contributed by atoms with Gasteiger partial charge in [-0.2, -0.15) is 0 Å². The zero-order chi connectivity index (χ0) is 18.5. The number of hydrogen-bond donors (Lipinski definition) is 2. The molecule has 2 aromatic heterocycles. The van der Waals surface area contributed by atoms with Gasteiger partial charge in [0.25, 0.3) is 0 Å². The minimum Gasteiger partial charge on any atom is -0.373 e. The van der Waals surface area contributed by atoms with E-state index in [1.165, 1.54) is 0 Å². The molecule has 0 radical (unpaired) electrons. The molecule has 1 aliphatic heterocycles. The van der Waals surface area contributed by atoms with E-state index in [1.807, 2.05) is 32.5 Å². The fourth-order valence-corrected chi connectivity index (χ4v) is 3.70. The molecule has 2 N–H and O–H groups in total. The Balaban J connectivity index is 1.70. The molecule has 2 aromatic rings. The number of rotatable bonds is 6. The third-order valence-electron chi connectivity index (χ3n) is 4.54. The summed E-state index contributed by atoms with van der Waals surface area (Å²) in [7, 11) is 3.67. The molecule has 1 unspecified atom stereocenters. The van der Waals surface area contributed by atoms with E-state index in [0.717, 1.165) is 54.0 Å². The smallest absolute Gasteiger partial charge is 0.228 e. The number of nitrogens with one attached hydrogen (secondary N) is 2. The van der Waals surface area contributed by atoms with Crippen LogP contribution in [-0.4, -0.2) is 52.9 Å². The summed E-state index contributed by atoms with van der Waals surface area (Å²) in [5.74, 6) is 2.03. The summed E-state index contributed by atoms with van der Waals surface area (Å²) in [6.07, 6.45) is 2.56. The zero-order valence-electron chi connectivity index (χ0n) is 15.6. The van der Waals surface area contributed by atoms with Crippen molar-refractivity contribution in [2.45, 2.75) is 38.6 Å². The molecule has 1 fully saturated rings. The Morgan fingerprint density at radius 1 is 1.38 bits per heavy atom. The van der Waals surface area contributed by atoms with E-state index < -0.39 is 0 Å². The highest BCUT2D eigenvalue weighted by Crippen LogP contribution is 2.22. The van der Waals surface area contributed by atoms with Crippen LogP contribution in [0.25, 0.3) is 0 Å². The number of hydrogen-bond acceptors (Lipinski definition) is 7. The van der Waals surface area contributed by atoms with Crippen molar-refractivity contribution in [3.8, 4) is 0 Å². The maximum Gasteiger partial charge on any atom is 0.228 e. The highest BCUT2D eigenvalue weighted by atomic mass is 32.1. The standard InChI is InChI=1S/C18H26N6OS/c1-12-21-15(11-26-12)8-17(25)24(3)10-14-7-16(19-2)23-18(22-14)13-5-4-6-20-9-13/h7,11,13,20H,4-6,8-10H2,1-3H3,(H,19,22,23). The van der Waals surface area contributed by atoms with Crippen molar-refractivity contribution in [1.29, 1.82) is 0 Å². The quantitative estimate of drug-likeness (QED) is 0.804. The van der Waals surface area contributed by atoms with Crippen LogP contribution in [0.4, 0.5) is 5.82 Å².